The summed E-state index contributed by atoms with van der Waals surface area (Å²) in [6.07, 6.45) is 0. The van der Waals surface area contributed by atoms with Crippen molar-refractivity contribution in [2.24, 2.45) is 5.41 Å². The molecule has 0 rings (SSSR count). The molecule has 15 heavy (non-hydrogen) atoms. The maximum atomic E-state index is 11.0. The minimum atomic E-state index is -0.545. The molecule has 0 fully saturated rings. The van der Waals surface area contributed by atoms with Crippen LogP contribution in [0, 0.1) is 5.41 Å². The minimum Gasteiger partial charge on any atom is -0.490 e. The van der Waals surface area contributed by atoms with E-state index in [1.165, 1.54) is 7.11 Å². The number of hydrogen-bond acceptors (Lipinski definition) is 4. The molecule has 0 saturated carbocycles. The summed E-state index contributed by atoms with van der Waals surface area (Å²) in [4.78, 5) is 11.0. The van der Waals surface area contributed by atoms with E-state index in [9.17, 15) is 4.79 Å². The van der Waals surface area contributed by atoms with Crippen molar-refractivity contribution >= 4 is 5.97 Å². The summed E-state index contributed by atoms with van der Waals surface area (Å²) >= 11 is 0. The lowest BCUT2D eigenvalue weighted by Crippen LogP contribution is -2.18. The van der Waals surface area contributed by atoms with E-state index in [1.807, 2.05) is 0 Å². The molecule has 0 radical (unpaired) electrons. The fraction of sp³-hybridized carbons (Fsp3) is 0.727. The molecule has 0 aliphatic carbocycles. The van der Waals surface area contributed by atoms with Gasteiger partial charge in [-0.1, -0.05) is 20.8 Å². The first kappa shape index (κ1) is 14.0. The van der Waals surface area contributed by atoms with Crippen molar-refractivity contribution in [3.63, 3.8) is 0 Å². The molecule has 0 N–H and O–H groups in total. The fourth-order valence-corrected chi connectivity index (χ4v) is 0.735. The molecule has 4 heteroatoms. The molecule has 0 amide bonds. The molecule has 0 aromatic rings. The highest BCUT2D eigenvalue weighted by Crippen LogP contribution is 2.12. The van der Waals surface area contributed by atoms with Gasteiger partial charge in [0.1, 0.15) is 6.61 Å². The lowest BCUT2D eigenvalue weighted by Gasteiger charge is -2.17. The third-order valence-corrected chi connectivity index (χ3v) is 1.47. The standard InChI is InChI=1S/C11H20O4/c1-9(13-5)10(12)15-7-6-14-8-11(2,3)4/h1,6-8H2,2-5H3. The number of rotatable bonds is 6. The molecule has 0 aliphatic heterocycles. The Bertz CT molecular complexity index is 215. The molecular weight excluding hydrogens is 196 g/mol. The van der Waals surface area contributed by atoms with Crippen LogP contribution in [0.25, 0.3) is 0 Å². The third-order valence-electron chi connectivity index (χ3n) is 1.47. The number of methoxy groups -OCH3 is 1. The second kappa shape index (κ2) is 6.45. The van der Waals surface area contributed by atoms with Crippen molar-refractivity contribution < 1.29 is 19.0 Å². The van der Waals surface area contributed by atoms with Crippen molar-refractivity contribution in [3.05, 3.63) is 12.3 Å². The lowest BCUT2D eigenvalue weighted by molar-refractivity contribution is -0.144. The van der Waals surface area contributed by atoms with Crippen LogP contribution in [0.4, 0.5) is 0 Å². The largest absolute Gasteiger partial charge is 0.490 e. The minimum absolute atomic E-state index is 0.00539. The molecule has 4 nitrogen and oxygen atoms in total. The smallest absolute Gasteiger partial charge is 0.373 e. The van der Waals surface area contributed by atoms with Gasteiger partial charge < -0.3 is 14.2 Å². The molecule has 0 saturated heterocycles. The van der Waals surface area contributed by atoms with Crippen molar-refractivity contribution in [1.29, 1.82) is 0 Å². The van der Waals surface area contributed by atoms with Gasteiger partial charge in [-0.3, -0.25) is 0 Å². The van der Waals surface area contributed by atoms with Crippen LogP contribution in [-0.4, -0.2) is 32.9 Å². The Morgan fingerprint density at radius 2 is 1.87 bits per heavy atom. The van der Waals surface area contributed by atoms with E-state index in [2.05, 4.69) is 32.1 Å². The summed E-state index contributed by atoms with van der Waals surface area (Å²) in [5, 5.41) is 0. The van der Waals surface area contributed by atoms with Crippen molar-refractivity contribution in [2.75, 3.05) is 26.9 Å². The maximum absolute atomic E-state index is 11.0. The molecule has 0 aromatic carbocycles. The first-order chi connectivity index (χ1) is 6.87. The Morgan fingerprint density at radius 1 is 1.27 bits per heavy atom. The Kier molecular flexibility index (Phi) is 6.01. The second-order valence-corrected chi connectivity index (χ2v) is 4.38. The second-order valence-electron chi connectivity index (χ2n) is 4.38. The van der Waals surface area contributed by atoms with Gasteiger partial charge in [-0.2, -0.15) is 0 Å². The van der Waals surface area contributed by atoms with Gasteiger partial charge in [0.2, 0.25) is 0 Å². The first-order valence-electron chi connectivity index (χ1n) is 4.84. The van der Waals surface area contributed by atoms with Gasteiger partial charge in [-0.25, -0.2) is 4.79 Å². The van der Waals surface area contributed by atoms with E-state index >= 15 is 0 Å². The highest BCUT2D eigenvalue weighted by atomic mass is 16.6. The van der Waals surface area contributed by atoms with E-state index in [-0.39, 0.29) is 17.8 Å². The Balaban J connectivity index is 3.47. The maximum Gasteiger partial charge on any atom is 0.373 e. The van der Waals surface area contributed by atoms with E-state index in [4.69, 9.17) is 9.47 Å². The zero-order valence-corrected chi connectivity index (χ0v) is 9.96. The molecule has 0 spiro atoms. The summed E-state index contributed by atoms with van der Waals surface area (Å²) in [5.74, 6) is -0.539. The van der Waals surface area contributed by atoms with Gasteiger partial charge in [0.25, 0.3) is 0 Å². The molecule has 0 atom stereocenters. The Labute approximate surface area is 91.2 Å². The van der Waals surface area contributed by atoms with Crippen LogP contribution in [0.5, 0.6) is 0 Å². The summed E-state index contributed by atoms with van der Waals surface area (Å²) in [5.41, 5.74) is 0.125. The average molecular weight is 216 g/mol. The van der Waals surface area contributed by atoms with Crippen LogP contribution in [0.15, 0.2) is 12.3 Å². The van der Waals surface area contributed by atoms with Crippen LogP contribution in [0.2, 0.25) is 0 Å². The molecular formula is C11H20O4. The number of carbonyl (C=O) groups is 1. The fourth-order valence-electron chi connectivity index (χ4n) is 0.735. The lowest BCUT2D eigenvalue weighted by atomic mass is 9.99. The van der Waals surface area contributed by atoms with Gasteiger partial charge in [0, 0.05) is 0 Å². The van der Waals surface area contributed by atoms with Crippen LogP contribution in [0.3, 0.4) is 0 Å². The van der Waals surface area contributed by atoms with Crippen molar-refractivity contribution in [1.82, 2.24) is 0 Å². The third kappa shape index (κ3) is 8.00. The number of carbonyl (C=O) groups excluding carboxylic acids is 1. The monoisotopic (exact) mass is 216 g/mol. The van der Waals surface area contributed by atoms with Crippen LogP contribution in [0.1, 0.15) is 20.8 Å². The van der Waals surface area contributed by atoms with Crippen LogP contribution in [-0.2, 0) is 19.0 Å². The van der Waals surface area contributed by atoms with Crippen LogP contribution >= 0.6 is 0 Å². The quantitative estimate of drug-likeness (QED) is 0.294. The van der Waals surface area contributed by atoms with E-state index < -0.39 is 5.97 Å². The molecule has 0 heterocycles. The van der Waals surface area contributed by atoms with E-state index in [1.54, 1.807) is 0 Å². The van der Waals surface area contributed by atoms with E-state index in [0.717, 1.165) is 0 Å². The molecule has 0 bridgehead atoms. The zero-order chi connectivity index (χ0) is 11.9. The van der Waals surface area contributed by atoms with Crippen molar-refractivity contribution in [3.8, 4) is 0 Å². The van der Waals surface area contributed by atoms with E-state index in [0.29, 0.717) is 13.2 Å². The van der Waals surface area contributed by atoms with Crippen molar-refractivity contribution in [2.45, 2.75) is 20.8 Å². The molecule has 0 aliphatic rings. The summed E-state index contributed by atoms with van der Waals surface area (Å²) in [7, 11) is 1.37. The molecule has 0 aromatic heterocycles. The van der Waals surface area contributed by atoms with Gasteiger partial charge in [0.05, 0.1) is 20.3 Å². The molecule has 0 unspecified atom stereocenters. The summed E-state index contributed by atoms with van der Waals surface area (Å²) in [6.45, 7) is 10.8. The predicted molar refractivity (Wildman–Crippen MR) is 57.4 cm³/mol. The predicted octanol–water partition coefficient (Wildman–Crippen LogP) is 1.75. The summed E-state index contributed by atoms with van der Waals surface area (Å²) in [6, 6.07) is 0. The number of ether oxygens (including phenoxy) is 3. The number of hydrogen-bond donors (Lipinski definition) is 0. The van der Waals surface area contributed by atoms with Crippen LogP contribution < -0.4 is 0 Å². The number of esters is 1. The van der Waals surface area contributed by atoms with Gasteiger partial charge in [-0.05, 0) is 12.0 Å². The average Bonchev–Trinajstić information content (AvgIpc) is 2.14. The first-order valence-corrected chi connectivity index (χ1v) is 4.84. The zero-order valence-electron chi connectivity index (χ0n) is 9.96. The highest BCUT2D eigenvalue weighted by molar-refractivity contribution is 5.85. The normalized spacial score (nSPS) is 10.9. The SMILES string of the molecule is C=C(OC)C(=O)OCCOCC(C)(C)C. The van der Waals surface area contributed by atoms with Gasteiger partial charge >= 0.3 is 5.97 Å². The topological polar surface area (TPSA) is 44.8 Å². The summed E-state index contributed by atoms with van der Waals surface area (Å²) < 4.78 is 14.7. The molecule has 88 valence electrons. The van der Waals surface area contributed by atoms with Gasteiger partial charge in [-0.15, -0.1) is 0 Å². The Morgan fingerprint density at radius 3 is 2.33 bits per heavy atom. The highest BCUT2D eigenvalue weighted by Gasteiger charge is 2.11. The van der Waals surface area contributed by atoms with Gasteiger partial charge in [0.15, 0.2) is 5.76 Å². The Hall–Kier alpha value is -1.03.